The number of hydrogen-bond donors (Lipinski definition) is 4. The zero-order chi connectivity index (χ0) is 19.5. The number of carbonyl (C=O) groups is 3. The molecule has 0 aliphatic heterocycles. The standard InChI is InChI=1S/C18H24ClN3O4/c1-17(2,3)22-16(26)20-11-6-7-13(19)12(10-11)14(23)21-18(15(24)25)8-4-5-9-18/h6-7,10H,4-5,8-9H2,1-3H3,(H,21,23)(H,24,25)(H2,20,22,26). The van der Waals surface area contributed by atoms with Crippen molar-refractivity contribution in [2.45, 2.75) is 57.5 Å². The maximum absolute atomic E-state index is 12.6. The molecule has 7 nitrogen and oxygen atoms in total. The number of aliphatic carboxylic acids is 1. The van der Waals surface area contributed by atoms with Crippen molar-refractivity contribution in [3.8, 4) is 0 Å². The van der Waals surface area contributed by atoms with Gasteiger partial charge in [0, 0.05) is 11.2 Å². The number of halogens is 1. The van der Waals surface area contributed by atoms with Crippen LogP contribution in [0.15, 0.2) is 18.2 Å². The number of carboxylic acid groups (broad SMARTS) is 1. The summed E-state index contributed by atoms with van der Waals surface area (Å²) in [5.41, 5.74) is -1.16. The molecular formula is C18H24ClN3O4. The van der Waals surface area contributed by atoms with E-state index in [9.17, 15) is 19.5 Å². The second-order valence-electron chi connectivity index (χ2n) is 7.57. The Morgan fingerprint density at radius 2 is 1.77 bits per heavy atom. The molecule has 8 heteroatoms. The summed E-state index contributed by atoms with van der Waals surface area (Å²) in [7, 11) is 0. The van der Waals surface area contributed by atoms with E-state index in [1.807, 2.05) is 20.8 Å². The normalized spacial score (nSPS) is 16.0. The van der Waals surface area contributed by atoms with Gasteiger partial charge in [-0.2, -0.15) is 0 Å². The van der Waals surface area contributed by atoms with E-state index in [0.29, 0.717) is 18.5 Å². The summed E-state index contributed by atoms with van der Waals surface area (Å²) < 4.78 is 0. The summed E-state index contributed by atoms with van der Waals surface area (Å²) in [6, 6.07) is 4.09. The highest BCUT2D eigenvalue weighted by Crippen LogP contribution is 2.31. The van der Waals surface area contributed by atoms with Gasteiger partial charge in [-0.05, 0) is 51.8 Å². The van der Waals surface area contributed by atoms with Gasteiger partial charge in [0.05, 0.1) is 10.6 Å². The summed E-state index contributed by atoms with van der Waals surface area (Å²) in [6.45, 7) is 5.54. The Morgan fingerprint density at radius 3 is 2.31 bits per heavy atom. The van der Waals surface area contributed by atoms with Crippen LogP contribution in [0.3, 0.4) is 0 Å². The fourth-order valence-corrected chi connectivity index (χ4v) is 3.14. The second kappa shape index (κ2) is 7.53. The van der Waals surface area contributed by atoms with Gasteiger partial charge in [-0.15, -0.1) is 0 Å². The monoisotopic (exact) mass is 381 g/mol. The van der Waals surface area contributed by atoms with Crippen molar-refractivity contribution in [1.82, 2.24) is 10.6 Å². The number of urea groups is 1. The summed E-state index contributed by atoms with van der Waals surface area (Å²) in [5.74, 6) is -1.61. The van der Waals surface area contributed by atoms with E-state index < -0.39 is 29.0 Å². The molecule has 142 valence electrons. The molecule has 0 bridgehead atoms. The first-order valence-electron chi connectivity index (χ1n) is 8.47. The van der Waals surface area contributed by atoms with Gasteiger partial charge >= 0.3 is 12.0 Å². The van der Waals surface area contributed by atoms with Crippen LogP contribution in [0.25, 0.3) is 0 Å². The van der Waals surface area contributed by atoms with Crippen LogP contribution in [0, 0.1) is 0 Å². The van der Waals surface area contributed by atoms with Crippen molar-refractivity contribution in [2.24, 2.45) is 0 Å². The van der Waals surface area contributed by atoms with Crippen molar-refractivity contribution < 1.29 is 19.5 Å². The summed E-state index contributed by atoms with van der Waals surface area (Å²) in [5, 5.41) is 17.7. The smallest absolute Gasteiger partial charge is 0.329 e. The number of carboxylic acids is 1. The van der Waals surface area contributed by atoms with Crippen molar-refractivity contribution in [3.05, 3.63) is 28.8 Å². The molecule has 0 saturated heterocycles. The van der Waals surface area contributed by atoms with Crippen LogP contribution in [-0.4, -0.2) is 34.1 Å². The van der Waals surface area contributed by atoms with Gasteiger partial charge in [0.25, 0.3) is 5.91 Å². The highest BCUT2D eigenvalue weighted by Gasteiger charge is 2.42. The van der Waals surface area contributed by atoms with E-state index in [4.69, 9.17) is 11.6 Å². The Kier molecular flexibility index (Phi) is 5.81. The molecule has 1 aliphatic rings. The lowest BCUT2D eigenvalue weighted by atomic mass is 9.97. The zero-order valence-corrected chi connectivity index (χ0v) is 15.9. The average Bonchev–Trinajstić information content (AvgIpc) is 2.97. The molecule has 1 aromatic rings. The van der Waals surface area contributed by atoms with Gasteiger partial charge in [-0.25, -0.2) is 9.59 Å². The predicted octanol–water partition coefficient (Wildman–Crippen LogP) is 3.39. The number of hydrogen-bond acceptors (Lipinski definition) is 3. The predicted molar refractivity (Wildman–Crippen MR) is 99.7 cm³/mol. The number of nitrogens with one attached hydrogen (secondary N) is 3. The SMILES string of the molecule is CC(C)(C)NC(=O)Nc1ccc(Cl)c(C(=O)NC2(C(=O)O)CCCC2)c1. The minimum absolute atomic E-state index is 0.118. The van der Waals surface area contributed by atoms with E-state index in [2.05, 4.69) is 16.0 Å². The second-order valence-corrected chi connectivity index (χ2v) is 7.98. The first-order valence-corrected chi connectivity index (χ1v) is 8.85. The van der Waals surface area contributed by atoms with Crippen LogP contribution in [-0.2, 0) is 4.79 Å². The molecule has 0 radical (unpaired) electrons. The van der Waals surface area contributed by atoms with Gasteiger partial charge < -0.3 is 21.1 Å². The summed E-state index contributed by atoms with van der Waals surface area (Å²) in [6.07, 6.45) is 2.26. The van der Waals surface area contributed by atoms with E-state index >= 15 is 0 Å². The Morgan fingerprint density at radius 1 is 1.15 bits per heavy atom. The van der Waals surface area contributed by atoms with E-state index in [0.717, 1.165) is 12.8 Å². The minimum atomic E-state index is -1.26. The van der Waals surface area contributed by atoms with Gasteiger partial charge in [-0.3, -0.25) is 4.79 Å². The third-order valence-corrected chi connectivity index (χ3v) is 4.51. The minimum Gasteiger partial charge on any atom is -0.480 e. The lowest BCUT2D eigenvalue weighted by Crippen LogP contribution is -2.52. The number of benzene rings is 1. The molecule has 0 spiro atoms. The largest absolute Gasteiger partial charge is 0.480 e. The maximum atomic E-state index is 12.6. The van der Waals surface area contributed by atoms with Crippen LogP contribution in [0.5, 0.6) is 0 Å². The lowest BCUT2D eigenvalue weighted by Gasteiger charge is -2.25. The Bertz CT molecular complexity index is 722. The van der Waals surface area contributed by atoms with Crippen LogP contribution in [0.2, 0.25) is 5.02 Å². The van der Waals surface area contributed by atoms with Gasteiger partial charge in [-0.1, -0.05) is 24.4 Å². The van der Waals surface area contributed by atoms with Crippen LogP contribution in [0.4, 0.5) is 10.5 Å². The average molecular weight is 382 g/mol. The van der Waals surface area contributed by atoms with Gasteiger partial charge in [0.1, 0.15) is 5.54 Å². The van der Waals surface area contributed by atoms with E-state index in [-0.39, 0.29) is 10.6 Å². The molecule has 26 heavy (non-hydrogen) atoms. The van der Waals surface area contributed by atoms with Crippen LogP contribution < -0.4 is 16.0 Å². The Balaban J connectivity index is 2.17. The number of anilines is 1. The van der Waals surface area contributed by atoms with Gasteiger partial charge in [0.15, 0.2) is 0 Å². The Labute approximate surface area is 157 Å². The molecule has 4 N–H and O–H groups in total. The third-order valence-electron chi connectivity index (χ3n) is 4.18. The van der Waals surface area contributed by atoms with Crippen molar-refractivity contribution >= 4 is 35.2 Å². The van der Waals surface area contributed by atoms with Gasteiger partial charge in [0.2, 0.25) is 0 Å². The molecule has 1 saturated carbocycles. The fourth-order valence-electron chi connectivity index (χ4n) is 2.94. The third kappa shape index (κ3) is 4.88. The van der Waals surface area contributed by atoms with E-state index in [1.165, 1.54) is 12.1 Å². The molecule has 3 amide bonds. The van der Waals surface area contributed by atoms with Crippen molar-refractivity contribution in [3.63, 3.8) is 0 Å². The number of carbonyl (C=O) groups excluding carboxylic acids is 2. The van der Waals surface area contributed by atoms with Crippen LogP contribution in [0.1, 0.15) is 56.8 Å². The summed E-state index contributed by atoms with van der Waals surface area (Å²) in [4.78, 5) is 36.2. The molecule has 1 fully saturated rings. The quantitative estimate of drug-likeness (QED) is 0.641. The molecule has 1 aromatic carbocycles. The van der Waals surface area contributed by atoms with E-state index in [1.54, 1.807) is 6.07 Å². The molecule has 0 unspecified atom stereocenters. The van der Waals surface area contributed by atoms with Crippen molar-refractivity contribution in [2.75, 3.05) is 5.32 Å². The molecule has 1 aliphatic carbocycles. The fraction of sp³-hybridized carbons (Fsp3) is 0.500. The van der Waals surface area contributed by atoms with Crippen molar-refractivity contribution in [1.29, 1.82) is 0 Å². The lowest BCUT2D eigenvalue weighted by molar-refractivity contribution is -0.144. The highest BCUT2D eigenvalue weighted by atomic mass is 35.5. The topological polar surface area (TPSA) is 108 Å². The molecule has 0 aromatic heterocycles. The molecular weight excluding hydrogens is 358 g/mol. The first kappa shape index (κ1) is 20.0. The molecule has 0 heterocycles. The molecule has 2 rings (SSSR count). The highest BCUT2D eigenvalue weighted by molar-refractivity contribution is 6.34. The summed E-state index contributed by atoms with van der Waals surface area (Å²) >= 11 is 6.11. The maximum Gasteiger partial charge on any atom is 0.329 e. The van der Waals surface area contributed by atoms with Crippen LogP contribution >= 0.6 is 11.6 Å². The molecule has 0 atom stereocenters. The first-order chi connectivity index (χ1) is 12.0. The Hall–Kier alpha value is -2.28. The number of amides is 3. The zero-order valence-electron chi connectivity index (χ0n) is 15.1. The number of rotatable bonds is 4.